The van der Waals surface area contributed by atoms with E-state index in [0.29, 0.717) is 6.54 Å². The molecule has 2 aromatic rings. The van der Waals surface area contributed by atoms with E-state index in [9.17, 15) is 0 Å². The van der Waals surface area contributed by atoms with Gasteiger partial charge in [-0.1, -0.05) is 6.92 Å². The highest BCUT2D eigenvalue weighted by Gasteiger charge is 2.06. The summed E-state index contributed by atoms with van der Waals surface area (Å²) in [5.41, 5.74) is 3.28. The van der Waals surface area contributed by atoms with Crippen molar-refractivity contribution in [2.24, 2.45) is 7.05 Å². The Hall–Kier alpha value is -1.82. The van der Waals surface area contributed by atoms with Crippen molar-refractivity contribution in [3.8, 4) is 0 Å². The summed E-state index contributed by atoms with van der Waals surface area (Å²) in [6, 6.07) is 0. The molecule has 6 heteroatoms. The zero-order chi connectivity index (χ0) is 13.0. The number of anilines is 1. The lowest BCUT2D eigenvalue weighted by atomic mass is 10.2. The molecule has 2 rings (SSSR count). The van der Waals surface area contributed by atoms with Crippen LogP contribution in [0, 0.1) is 0 Å². The lowest BCUT2D eigenvalue weighted by Crippen LogP contribution is -2.02. The first-order valence-corrected chi connectivity index (χ1v) is 6.11. The quantitative estimate of drug-likeness (QED) is 0.794. The Kier molecular flexibility index (Phi) is 3.99. The number of nitrogens with zero attached hydrogens (tertiary/aromatic N) is 4. The number of hydrogen-bond donors (Lipinski definition) is 2. The van der Waals surface area contributed by atoms with Crippen molar-refractivity contribution in [1.29, 1.82) is 0 Å². The summed E-state index contributed by atoms with van der Waals surface area (Å²) in [4.78, 5) is 0. The molecule has 0 spiro atoms. The maximum absolute atomic E-state index is 8.82. The molecule has 6 nitrogen and oxygen atoms in total. The van der Waals surface area contributed by atoms with Gasteiger partial charge in [0.25, 0.3) is 0 Å². The summed E-state index contributed by atoms with van der Waals surface area (Å²) >= 11 is 0. The zero-order valence-corrected chi connectivity index (χ0v) is 10.8. The van der Waals surface area contributed by atoms with Crippen LogP contribution in [0.4, 0.5) is 5.69 Å². The van der Waals surface area contributed by atoms with Crippen LogP contribution in [0.5, 0.6) is 0 Å². The Morgan fingerprint density at radius 3 is 2.94 bits per heavy atom. The normalized spacial score (nSPS) is 10.8. The molecule has 0 aromatic carbocycles. The summed E-state index contributed by atoms with van der Waals surface area (Å²) < 4.78 is 3.55. The fourth-order valence-electron chi connectivity index (χ4n) is 1.91. The minimum Gasteiger partial charge on any atom is -0.394 e. The molecule has 0 amide bonds. The second-order valence-electron chi connectivity index (χ2n) is 4.20. The van der Waals surface area contributed by atoms with Crippen LogP contribution in [0.25, 0.3) is 0 Å². The van der Waals surface area contributed by atoms with E-state index in [1.807, 2.05) is 24.1 Å². The van der Waals surface area contributed by atoms with E-state index < -0.39 is 0 Å². The third-order valence-corrected chi connectivity index (χ3v) is 2.77. The van der Waals surface area contributed by atoms with Crippen LogP contribution in [0.15, 0.2) is 18.6 Å². The van der Waals surface area contributed by atoms with E-state index in [2.05, 4.69) is 22.4 Å². The lowest BCUT2D eigenvalue weighted by molar-refractivity contribution is 0.269. The van der Waals surface area contributed by atoms with Crippen molar-refractivity contribution in [3.63, 3.8) is 0 Å². The van der Waals surface area contributed by atoms with Gasteiger partial charge >= 0.3 is 0 Å². The highest BCUT2D eigenvalue weighted by molar-refractivity contribution is 5.39. The van der Waals surface area contributed by atoms with Gasteiger partial charge in [0, 0.05) is 31.5 Å². The van der Waals surface area contributed by atoms with Crippen molar-refractivity contribution < 1.29 is 5.11 Å². The third kappa shape index (κ3) is 2.89. The first-order chi connectivity index (χ1) is 8.72. The van der Waals surface area contributed by atoms with Gasteiger partial charge in [-0.05, 0) is 6.42 Å². The smallest absolute Gasteiger partial charge is 0.0729 e. The molecule has 0 bridgehead atoms. The van der Waals surface area contributed by atoms with E-state index in [0.717, 1.165) is 24.3 Å². The fourth-order valence-corrected chi connectivity index (χ4v) is 1.91. The Labute approximate surface area is 106 Å². The number of aliphatic hydroxyl groups is 1. The van der Waals surface area contributed by atoms with Gasteiger partial charge in [-0.3, -0.25) is 9.36 Å². The van der Waals surface area contributed by atoms with Gasteiger partial charge in [0.15, 0.2) is 0 Å². The summed E-state index contributed by atoms with van der Waals surface area (Å²) in [6.07, 6.45) is 6.61. The highest BCUT2D eigenvalue weighted by atomic mass is 16.3. The summed E-state index contributed by atoms with van der Waals surface area (Å²) in [6.45, 7) is 3.46. The molecule has 0 radical (unpaired) electrons. The van der Waals surface area contributed by atoms with Gasteiger partial charge in [-0.15, -0.1) is 0 Å². The molecule has 0 atom stereocenters. The van der Waals surface area contributed by atoms with Crippen molar-refractivity contribution in [2.75, 3.05) is 11.9 Å². The van der Waals surface area contributed by atoms with Gasteiger partial charge in [-0.2, -0.15) is 10.2 Å². The van der Waals surface area contributed by atoms with Crippen LogP contribution in [0.1, 0.15) is 18.2 Å². The Morgan fingerprint density at radius 2 is 2.22 bits per heavy atom. The van der Waals surface area contributed by atoms with E-state index in [1.165, 1.54) is 5.56 Å². The predicted molar refractivity (Wildman–Crippen MR) is 69.2 cm³/mol. The largest absolute Gasteiger partial charge is 0.394 e. The Balaban J connectivity index is 1.97. The summed E-state index contributed by atoms with van der Waals surface area (Å²) in [7, 11) is 1.93. The molecule has 98 valence electrons. The molecule has 2 aromatic heterocycles. The highest BCUT2D eigenvalue weighted by Crippen LogP contribution is 2.11. The van der Waals surface area contributed by atoms with Crippen LogP contribution in [0.3, 0.4) is 0 Å². The van der Waals surface area contributed by atoms with Crippen molar-refractivity contribution >= 4 is 5.69 Å². The maximum Gasteiger partial charge on any atom is 0.0729 e. The zero-order valence-electron chi connectivity index (χ0n) is 10.8. The molecular formula is C12H19N5O. The summed E-state index contributed by atoms with van der Waals surface area (Å²) in [5, 5.41) is 20.7. The number of rotatable bonds is 6. The van der Waals surface area contributed by atoms with Gasteiger partial charge in [0.05, 0.1) is 30.7 Å². The van der Waals surface area contributed by atoms with Crippen LogP contribution in [-0.4, -0.2) is 31.3 Å². The van der Waals surface area contributed by atoms with Crippen molar-refractivity contribution in [2.45, 2.75) is 26.4 Å². The average Bonchev–Trinajstić information content (AvgIpc) is 2.93. The van der Waals surface area contributed by atoms with Crippen LogP contribution in [0.2, 0.25) is 0 Å². The van der Waals surface area contributed by atoms with E-state index in [-0.39, 0.29) is 6.61 Å². The average molecular weight is 249 g/mol. The van der Waals surface area contributed by atoms with Crippen LogP contribution < -0.4 is 5.32 Å². The molecule has 0 fully saturated rings. The number of aryl methyl sites for hydroxylation is 2. The minimum absolute atomic E-state index is 0.101. The monoisotopic (exact) mass is 249 g/mol. The third-order valence-electron chi connectivity index (χ3n) is 2.77. The standard InChI is InChI=1S/C12H19N5O/c1-3-12-10(8-16(2)15-12)6-13-11-7-14-17(9-11)4-5-18/h7-9,13,18H,3-6H2,1-2H3. The van der Waals surface area contributed by atoms with E-state index >= 15 is 0 Å². The first kappa shape index (κ1) is 12.6. The van der Waals surface area contributed by atoms with Gasteiger partial charge < -0.3 is 10.4 Å². The summed E-state index contributed by atoms with van der Waals surface area (Å²) in [5.74, 6) is 0. The Bertz CT molecular complexity index is 502. The van der Waals surface area contributed by atoms with Gasteiger partial charge in [0.2, 0.25) is 0 Å². The molecule has 18 heavy (non-hydrogen) atoms. The van der Waals surface area contributed by atoms with Crippen molar-refractivity contribution in [1.82, 2.24) is 19.6 Å². The minimum atomic E-state index is 0.101. The molecule has 0 aliphatic heterocycles. The molecular weight excluding hydrogens is 230 g/mol. The molecule has 2 N–H and O–H groups in total. The van der Waals surface area contributed by atoms with E-state index in [4.69, 9.17) is 5.11 Å². The lowest BCUT2D eigenvalue weighted by Gasteiger charge is -2.02. The molecule has 0 aliphatic rings. The second-order valence-corrected chi connectivity index (χ2v) is 4.20. The van der Waals surface area contributed by atoms with Crippen molar-refractivity contribution in [3.05, 3.63) is 29.8 Å². The topological polar surface area (TPSA) is 67.9 Å². The number of aromatic nitrogens is 4. The van der Waals surface area contributed by atoms with Crippen LogP contribution in [-0.2, 0) is 26.6 Å². The molecule has 2 heterocycles. The van der Waals surface area contributed by atoms with Gasteiger partial charge in [-0.25, -0.2) is 0 Å². The molecule has 0 saturated carbocycles. The molecule has 0 aliphatic carbocycles. The molecule has 0 saturated heterocycles. The second kappa shape index (κ2) is 5.68. The van der Waals surface area contributed by atoms with Gasteiger partial charge in [0.1, 0.15) is 0 Å². The van der Waals surface area contributed by atoms with E-state index in [1.54, 1.807) is 10.9 Å². The molecule has 0 unspecified atom stereocenters. The SMILES string of the molecule is CCc1nn(C)cc1CNc1cnn(CCO)c1. The number of hydrogen-bond acceptors (Lipinski definition) is 4. The first-order valence-electron chi connectivity index (χ1n) is 6.11. The fraction of sp³-hybridized carbons (Fsp3) is 0.500. The Morgan fingerprint density at radius 1 is 1.39 bits per heavy atom. The number of nitrogens with one attached hydrogen (secondary N) is 1. The number of aliphatic hydroxyl groups excluding tert-OH is 1. The maximum atomic E-state index is 8.82. The van der Waals surface area contributed by atoms with Crippen LogP contribution >= 0.6 is 0 Å². The predicted octanol–water partition coefficient (Wildman–Crippen LogP) is 0.783.